The molecule has 5 heteroatoms. The normalized spacial score (nSPS) is 10.7. The van der Waals surface area contributed by atoms with E-state index in [0.29, 0.717) is 26.9 Å². The van der Waals surface area contributed by atoms with Crippen LogP contribution in [0.4, 0.5) is 11.4 Å². The van der Waals surface area contributed by atoms with E-state index < -0.39 is 0 Å². The van der Waals surface area contributed by atoms with Crippen LogP contribution < -0.4 is 11.5 Å². The van der Waals surface area contributed by atoms with Crippen LogP contribution >= 0.6 is 23.2 Å². The summed E-state index contributed by atoms with van der Waals surface area (Å²) in [5.41, 5.74) is 12.9. The quantitative estimate of drug-likeness (QED) is 0.728. The molecule has 2 aromatic rings. The lowest BCUT2D eigenvalue weighted by atomic mass is 10.2. The Morgan fingerprint density at radius 3 is 2.57 bits per heavy atom. The molecule has 0 saturated heterocycles. The second-order valence-corrected chi connectivity index (χ2v) is 3.67. The molecule has 72 valence electrons. The van der Waals surface area contributed by atoms with Crippen LogP contribution in [-0.2, 0) is 0 Å². The first kappa shape index (κ1) is 9.37. The average Bonchev–Trinajstić information content (AvgIpc) is 2.17. The van der Waals surface area contributed by atoms with Gasteiger partial charge in [-0.2, -0.15) is 0 Å². The van der Waals surface area contributed by atoms with Crippen LogP contribution in [0.1, 0.15) is 0 Å². The Labute approximate surface area is 90.6 Å². The Hall–Kier alpha value is -1.19. The minimum Gasteiger partial charge on any atom is -0.396 e. The lowest BCUT2D eigenvalue weighted by Crippen LogP contribution is -1.97. The van der Waals surface area contributed by atoms with Gasteiger partial charge in [-0.3, -0.25) is 4.98 Å². The van der Waals surface area contributed by atoms with Crippen LogP contribution in [0.2, 0.25) is 10.0 Å². The van der Waals surface area contributed by atoms with Crippen LogP contribution in [0.3, 0.4) is 0 Å². The standard InChI is InChI=1S/C9H7Cl2N3/c10-5-2-1-4-8(13)6(12)3-14-9(4)7(5)11/h1-3H,12H2,(H2,13,14). The van der Waals surface area contributed by atoms with Crippen molar-refractivity contribution in [1.29, 1.82) is 0 Å². The fourth-order valence-corrected chi connectivity index (χ4v) is 1.61. The van der Waals surface area contributed by atoms with E-state index in [0.717, 1.165) is 5.39 Å². The molecular formula is C9H7Cl2N3. The summed E-state index contributed by atoms with van der Waals surface area (Å²) in [7, 11) is 0. The van der Waals surface area contributed by atoms with Gasteiger partial charge in [0.2, 0.25) is 0 Å². The summed E-state index contributed by atoms with van der Waals surface area (Å²) in [5, 5.41) is 1.58. The number of hydrogen-bond acceptors (Lipinski definition) is 3. The zero-order valence-electron chi connectivity index (χ0n) is 7.09. The molecule has 0 aliphatic rings. The molecule has 0 amide bonds. The van der Waals surface area contributed by atoms with Crippen molar-refractivity contribution in [3.05, 3.63) is 28.4 Å². The molecule has 0 fully saturated rings. The van der Waals surface area contributed by atoms with E-state index in [1.807, 2.05) is 0 Å². The Bertz CT molecular complexity index is 464. The maximum absolute atomic E-state index is 5.96. The Morgan fingerprint density at radius 2 is 1.86 bits per heavy atom. The largest absolute Gasteiger partial charge is 0.396 e. The molecule has 3 nitrogen and oxygen atoms in total. The van der Waals surface area contributed by atoms with Crippen molar-refractivity contribution >= 4 is 45.5 Å². The van der Waals surface area contributed by atoms with Gasteiger partial charge in [-0.1, -0.05) is 23.2 Å². The van der Waals surface area contributed by atoms with Gasteiger partial charge in [0.05, 0.1) is 33.1 Å². The van der Waals surface area contributed by atoms with Gasteiger partial charge in [-0.05, 0) is 12.1 Å². The number of pyridine rings is 1. The fraction of sp³-hybridized carbons (Fsp3) is 0. The van der Waals surface area contributed by atoms with Gasteiger partial charge in [0.1, 0.15) is 0 Å². The van der Waals surface area contributed by atoms with E-state index in [9.17, 15) is 0 Å². The molecule has 0 atom stereocenters. The average molecular weight is 228 g/mol. The molecule has 0 saturated carbocycles. The van der Waals surface area contributed by atoms with Gasteiger partial charge < -0.3 is 11.5 Å². The minimum atomic E-state index is 0.399. The van der Waals surface area contributed by atoms with Gasteiger partial charge >= 0.3 is 0 Å². The number of anilines is 2. The van der Waals surface area contributed by atoms with Crippen molar-refractivity contribution in [3.63, 3.8) is 0 Å². The second-order valence-electron chi connectivity index (χ2n) is 2.88. The molecule has 1 aromatic heterocycles. The number of nitrogens with zero attached hydrogens (tertiary/aromatic N) is 1. The number of nitrogen functional groups attached to an aromatic ring is 2. The molecule has 0 bridgehead atoms. The Morgan fingerprint density at radius 1 is 1.14 bits per heavy atom. The summed E-state index contributed by atoms with van der Waals surface area (Å²) in [6.07, 6.45) is 1.47. The lowest BCUT2D eigenvalue weighted by molar-refractivity contribution is 1.41. The molecule has 0 aliphatic heterocycles. The number of rotatable bonds is 0. The summed E-state index contributed by atoms with van der Waals surface area (Å²) in [5.74, 6) is 0. The third-order valence-corrected chi connectivity index (χ3v) is 2.80. The zero-order valence-corrected chi connectivity index (χ0v) is 8.60. The highest BCUT2D eigenvalue weighted by atomic mass is 35.5. The highest BCUT2D eigenvalue weighted by Crippen LogP contribution is 2.33. The summed E-state index contributed by atoms with van der Waals surface area (Å²) < 4.78 is 0. The maximum atomic E-state index is 5.96. The third-order valence-electron chi connectivity index (χ3n) is 2.00. The molecule has 4 N–H and O–H groups in total. The van der Waals surface area contributed by atoms with Crippen molar-refractivity contribution in [2.24, 2.45) is 0 Å². The third kappa shape index (κ3) is 1.25. The lowest BCUT2D eigenvalue weighted by Gasteiger charge is -2.06. The van der Waals surface area contributed by atoms with Gasteiger partial charge in [-0.25, -0.2) is 0 Å². The van der Waals surface area contributed by atoms with Crippen LogP contribution in [0.25, 0.3) is 10.9 Å². The van der Waals surface area contributed by atoms with Crippen molar-refractivity contribution in [2.75, 3.05) is 11.5 Å². The first-order chi connectivity index (χ1) is 6.61. The van der Waals surface area contributed by atoms with E-state index in [4.69, 9.17) is 34.7 Å². The number of nitrogens with two attached hydrogens (primary N) is 2. The maximum Gasteiger partial charge on any atom is 0.0925 e. The number of benzene rings is 1. The molecule has 1 aromatic carbocycles. The molecule has 0 aliphatic carbocycles. The number of hydrogen-bond donors (Lipinski definition) is 2. The molecule has 0 unspecified atom stereocenters. The summed E-state index contributed by atoms with van der Waals surface area (Å²) in [4.78, 5) is 4.08. The van der Waals surface area contributed by atoms with E-state index >= 15 is 0 Å². The van der Waals surface area contributed by atoms with Gasteiger partial charge in [0, 0.05) is 5.39 Å². The van der Waals surface area contributed by atoms with Gasteiger partial charge in [0.15, 0.2) is 0 Å². The van der Waals surface area contributed by atoms with Gasteiger partial charge in [-0.15, -0.1) is 0 Å². The molecule has 0 radical (unpaired) electrons. The summed E-state index contributed by atoms with van der Waals surface area (Å²) >= 11 is 11.8. The Kier molecular flexibility index (Phi) is 2.13. The van der Waals surface area contributed by atoms with Crippen LogP contribution in [-0.4, -0.2) is 4.98 Å². The number of halogens is 2. The Balaban J connectivity index is 2.94. The van der Waals surface area contributed by atoms with E-state index in [2.05, 4.69) is 4.98 Å². The zero-order chi connectivity index (χ0) is 10.3. The van der Waals surface area contributed by atoms with Crippen LogP contribution in [0.15, 0.2) is 18.3 Å². The second kappa shape index (κ2) is 3.19. The highest BCUT2D eigenvalue weighted by Gasteiger charge is 2.08. The monoisotopic (exact) mass is 227 g/mol. The van der Waals surface area contributed by atoms with Crippen molar-refractivity contribution in [3.8, 4) is 0 Å². The number of fused-ring (bicyclic) bond motifs is 1. The van der Waals surface area contributed by atoms with Crippen molar-refractivity contribution in [2.45, 2.75) is 0 Å². The van der Waals surface area contributed by atoms with Crippen LogP contribution in [0.5, 0.6) is 0 Å². The first-order valence-corrected chi connectivity index (χ1v) is 4.64. The summed E-state index contributed by atoms with van der Waals surface area (Å²) in [6.45, 7) is 0. The van der Waals surface area contributed by atoms with Crippen molar-refractivity contribution in [1.82, 2.24) is 4.98 Å². The van der Waals surface area contributed by atoms with E-state index in [-0.39, 0.29) is 0 Å². The van der Waals surface area contributed by atoms with Crippen LogP contribution in [0, 0.1) is 0 Å². The van der Waals surface area contributed by atoms with Gasteiger partial charge in [0.25, 0.3) is 0 Å². The smallest absolute Gasteiger partial charge is 0.0925 e. The van der Waals surface area contributed by atoms with E-state index in [1.165, 1.54) is 6.20 Å². The topological polar surface area (TPSA) is 64.9 Å². The van der Waals surface area contributed by atoms with Crippen molar-refractivity contribution < 1.29 is 0 Å². The highest BCUT2D eigenvalue weighted by molar-refractivity contribution is 6.45. The predicted molar refractivity (Wildman–Crippen MR) is 60.6 cm³/mol. The predicted octanol–water partition coefficient (Wildman–Crippen LogP) is 2.71. The fourth-order valence-electron chi connectivity index (χ4n) is 1.24. The molecule has 0 spiro atoms. The van der Waals surface area contributed by atoms with E-state index in [1.54, 1.807) is 12.1 Å². The minimum absolute atomic E-state index is 0.399. The number of aromatic nitrogens is 1. The molecule has 2 rings (SSSR count). The summed E-state index contributed by atoms with van der Waals surface area (Å²) in [6, 6.07) is 3.42. The molecule has 14 heavy (non-hydrogen) atoms. The molecule has 1 heterocycles. The SMILES string of the molecule is Nc1cnc2c(Cl)c(Cl)ccc2c1N. The first-order valence-electron chi connectivity index (χ1n) is 3.89. The molecular weight excluding hydrogens is 221 g/mol.